The highest BCUT2D eigenvalue weighted by Gasteiger charge is 2.33. The number of nitrogens with one attached hydrogen (secondary N) is 1. The molecule has 0 aliphatic rings. The molecule has 16 N–H and O–H groups in total. The average molecular weight is 907 g/mol. The summed E-state index contributed by atoms with van der Waals surface area (Å²) in [5, 5.41) is 10.3. The first-order chi connectivity index (χ1) is 30.7. The number of benzene rings is 3. The molecule has 1 aromatic heterocycles. The largest absolute Gasteiger partial charge is 0.508 e. The summed E-state index contributed by atoms with van der Waals surface area (Å²) in [6.45, 7) is 1.31. The fourth-order valence-electron chi connectivity index (χ4n) is 5.81. The topological polar surface area (TPSA) is 393 Å². The van der Waals surface area contributed by atoms with E-state index >= 15 is 0 Å². The van der Waals surface area contributed by atoms with Crippen molar-refractivity contribution in [1.29, 1.82) is 0 Å². The first-order valence-corrected chi connectivity index (χ1v) is 20.2. The molecule has 0 bridgehead atoms. The van der Waals surface area contributed by atoms with Crippen LogP contribution < -0.4 is 44.9 Å². The number of carbonyl (C=O) groups is 7. The molecule has 0 saturated carbocycles. The Morgan fingerprint density at radius 1 is 0.538 bits per heavy atom. The summed E-state index contributed by atoms with van der Waals surface area (Å²) in [5.41, 5.74) is 44.1. The number of nitrogens with two attached hydrogens (primary N) is 7. The lowest BCUT2D eigenvalue weighted by molar-refractivity contribution is -0.164. The zero-order valence-corrected chi connectivity index (χ0v) is 35.5. The predicted octanol–water partition coefficient (Wildman–Crippen LogP) is -1.88. The van der Waals surface area contributed by atoms with Gasteiger partial charge in [0.05, 0.1) is 0 Å². The van der Waals surface area contributed by atoms with Crippen LogP contribution in [0.3, 0.4) is 0 Å². The van der Waals surface area contributed by atoms with Gasteiger partial charge in [0.1, 0.15) is 79.2 Å². The molecule has 4 rings (SSSR count). The van der Waals surface area contributed by atoms with Crippen molar-refractivity contribution < 1.29 is 67.1 Å². The average Bonchev–Trinajstić information content (AvgIpc) is 3.69. The minimum atomic E-state index is -1.56. The highest BCUT2D eigenvalue weighted by molar-refractivity contribution is 5.91. The van der Waals surface area contributed by atoms with E-state index in [0.29, 0.717) is 11.1 Å². The van der Waals surface area contributed by atoms with E-state index in [1.807, 2.05) is 24.3 Å². The Labute approximate surface area is 372 Å². The second-order valence-electron chi connectivity index (χ2n) is 15.1. The molecule has 9 atom stereocenters. The lowest BCUT2D eigenvalue weighted by Gasteiger charge is -2.24. The van der Waals surface area contributed by atoms with Crippen molar-refractivity contribution in [2.24, 2.45) is 40.1 Å². The van der Waals surface area contributed by atoms with Gasteiger partial charge >= 0.3 is 41.8 Å². The van der Waals surface area contributed by atoms with Gasteiger partial charge in [0.15, 0.2) is 0 Å². The molecule has 4 aromatic rings. The highest BCUT2D eigenvalue weighted by Crippen LogP contribution is 2.19. The smallest absolute Gasteiger partial charge is 0.331 e. The first kappa shape index (κ1) is 50.9. The van der Waals surface area contributed by atoms with Crippen LogP contribution in [0.4, 0.5) is 0 Å². The normalized spacial score (nSPS) is 15.4. The Morgan fingerprint density at radius 2 is 1.02 bits per heavy atom. The summed E-state index contributed by atoms with van der Waals surface area (Å²) in [5.74, 6) is -6.92. The van der Waals surface area contributed by atoms with Gasteiger partial charge in [-0.2, -0.15) is 0 Å². The van der Waals surface area contributed by atoms with Crippen LogP contribution in [0.1, 0.15) is 30.5 Å². The Balaban J connectivity index is 1.12. The molecule has 0 radical (unpaired) electrons. The van der Waals surface area contributed by atoms with Crippen LogP contribution in [0.2, 0.25) is 0 Å². The third kappa shape index (κ3) is 15.2. The maximum atomic E-state index is 12.7. The van der Waals surface area contributed by atoms with Gasteiger partial charge in [-0.1, -0.05) is 42.5 Å². The number of aromatic nitrogens is 1. The molecular weight excluding hydrogens is 853 g/mol. The third-order valence-electron chi connectivity index (χ3n) is 9.79. The molecule has 22 heteroatoms. The van der Waals surface area contributed by atoms with E-state index in [1.165, 1.54) is 50.2 Å². The minimum absolute atomic E-state index is 0.0423. The fraction of sp³-hybridized carbons (Fsp3) is 0.372. The van der Waals surface area contributed by atoms with Crippen LogP contribution in [-0.4, -0.2) is 120 Å². The summed E-state index contributed by atoms with van der Waals surface area (Å²) < 4.78 is 30.6. The van der Waals surface area contributed by atoms with Crippen molar-refractivity contribution in [3.63, 3.8) is 0 Å². The summed E-state index contributed by atoms with van der Waals surface area (Å²) in [7, 11) is 0. The van der Waals surface area contributed by atoms with Gasteiger partial charge in [-0.05, 0) is 73.7 Å². The molecule has 65 heavy (non-hydrogen) atoms. The first-order valence-electron chi connectivity index (χ1n) is 20.2. The van der Waals surface area contributed by atoms with E-state index in [-0.39, 0.29) is 30.8 Å². The van der Waals surface area contributed by atoms with Crippen LogP contribution in [0, 0.1) is 0 Å². The SMILES string of the molecule is C[C@@H](OC(=O)[C@@H](N)[C@@H](C)OC(=O)[C@@H](N)COC(=O)[C@@H](N)Cc1c[nH]c2ccccc12)[C@H](N)C(=O)OC[C@H](N)C(=O)Oc1ccc(C[C@H](N)C(=O)OC(=O)[C@@H](N)Cc2ccc(O)cc2)cc1. The van der Waals surface area contributed by atoms with Crippen molar-refractivity contribution in [2.45, 2.75) is 87.6 Å². The van der Waals surface area contributed by atoms with Crippen molar-refractivity contribution in [3.05, 3.63) is 95.7 Å². The van der Waals surface area contributed by atoms with Crippen LogP contribution in [0.25, 0.3) is 10.9 Å². The number of aromatic hydroxyl groups is 1. The molecule has 1 heterocycles. The molecule has 0 saturated heterocycles. The Hall–Kier alpha value is -6.79. The third-order valence-corrected chi connectivity index (χ3v) is 9.79. The Morgan fingerprint density at radius 3 is 1.60 bits per heavy atom. The molecule has 0 aliphatic heterocycles. The molecule has 22 nitrogen and oxygen atoms in total. The van der Waals surface area contributed by atoms with Crippen LogP contribution in [-0.2, 0) is 76.5 Å². The standard InChI is InChI=1S/C43H54N8O14/c1-21(63-43(59)36(50)22(2)62-40(56)32(47)19-60-37(53)31(46)17-25-18-51-34-6-4-3-5-28(25)34)35(49)42(58)61-20-33(48)41(57)64-27-13-9-24(10-14-27)16-30(45)39(55)65-38(54)29(44)15-23-7-11-26(52)12-8-23/h3-14,18,21-22,29-33,35-36,51-52H,15-17,19-20,44-50H2,1-2H3/t21-,22-,29+,30+,31+,32+,33+,35+,36+/m1/s1. The highest BCUT2D eigenvalue weighted by atomic mass is 16.6. The number of rotatable bonds is 22. The number of esters is 7. The summed E-state index contributed by atoms with van der Waals surface area (Å²) in [6, 6.07) is 9.78. The fourth-order valence-corrected chi connectivity index (χ4v) is 5.81. The van der Waals surface area contributed by atoms with Crippen molar-refractivity contribution in [3.8, 4) is 11.5 Å². The molecule has 350 valence electrons. The predicted molar refractivity (Wildman–Crippen MR) is 230 cm³/mol. The monoisotopic (exact) mass is 906 g/mol. The van der Waals surface area contributed by atoms with Crippen molar-refractivity contribution in [1.82, 2.24) is 4.98 Å². The lowest BCUT2D eigenvalue weighted by atomic mass is 10.1. The van der Waals surface area contributed by atoms with Gasteiger partial charge in [-0.3, -0.25) is 19.2 Å². The number of para-hydroxylation sites is 1. The van der Waals surface area contributed by atoms with Crippen molar-refractivity contribution in [2.75, 3.05) is 13.2 Å². The molecule has 3 aromatic carbocycles. The van der Waals surface area contributed by atoms with E-state index < -0.39 is 109 Å². The van der Waals surface area contributed by atoms with Gasteiger partial charge in [0.2, 0.25) is 0 Å². The molecule has 0 fully saturated rings. The second-order valence-corrected chi connectivity index (χ2v) is 15.1. The van der Waals surface area contributed by atoms with E-state index in [1.54, 1.807) is 18.3 Å². The van der Waals surface area contributed by atoms with E-state index in [2.05, 4.69) is 4.98 Å². The minimum Gasteiger partial charge on any atom is -0.508 e. The number of phenols is 1. The van der Waals surface area contributed by atoms with E-state index in [9.17, 15) is 38.7 Å². The zero-order chi connectivity index (χ0) is 48.0. The van der Waals surface area contributed by atoms with Crippen LogP contribution in [0.15, 0.2) is 79.0 Å². The van der Waals surface area contributed by atoms with Crippen LogP contribution >= 0.6 is 0 Å². The second kappa shape index (κ2) is 23.8. The van der Waals surface area contributed by atoms with Gasteiger partial charge in [0, 0.05) is 23.5 Å². The van der Waals surface area contributed by atoms with Gasteiger partial charge < -0.3 is 78.6 Å². The molecule has 0 spiro atoms. The van der Waals surface area contributed by atoms with Gasteiger partial charge in [-0.25, -0.2) is 14.4 Å². The number of fused-ring (bicyclic) bond motifs is 1. The molecule has 0 unspecified atom stereocenters. The number of ether oxygens (including phenoxy) is 6. The number of H-pyrrole nitrogens is 1. The number of phenolic OH excluding ortho intramolecular Hbond substituents is 1. The van der Waals surface area contributed by atoms with E-state index in [0.717, 1.165) is 16.5 Å². The van der Waals surface area contributed by atoms with Crippen LogP contribution in [0.5, 0.6) is 11.5 Å². The summed E-state index contributed by atoms with van der Waals surface area (Å²) in [4.78, 5) is 90.9. The maximum Gasteiger partial charge on any atom is 0.331 e. The zero-order valence-electron chi connectivity index (χ0n) is 35.5. The number of carbonyl (C=O) groups excluding carboxylic acids is 7. The van der Waals surface area contributed by atoms with Gasteiger partial charge in [0.25, 0.3) is 0 Å². The maximum absolute atomic E-state index is 12.7. The molecule has 0 aliphatic carbocycles. The quantitative estimate of drug-likeness (QED) is 0.0180. The number of hydrogen-bond donors (Lipinski definition) is 9. The van der Waals surface area contributed by atoms with Crippen molar-refractivity contribution >= 4 is 52.7 Å². The Bertz CT molecular complexity index is 2290. The molecule has 0 amide bonds. The number of aromatic amines is 1. The van der Waals surface area contributed by atoms with E-state index in [4.69, 9.17) is 68.6 Å². The summed E-state index contributed by atoms with van der Waals surface area (Å²) in [6.07, 6.45) is -0.691. The lowest BCUT2D eigenvalue weighted by Crippen LogP contribution is -2.51. The molecular formula is C43H54N8O14. The Kier molecular flexibility index (Phi) is 18.6. The van der Waals surface area contributed by atoms with Gasteiger partial charge in [-0.15, -0.1) is 0 Å². The summed E-state index contributed by atoms with van der Waals surface area (Å²) >= 11 is 0. The number of hydrogen-bond acceptors (Lipinski definition) is 21.